The summed E-state index contributed by atoms with van der Waals surface area (Å²) in [6.45, 7) is 12.9. The SMILES string of the molecule is Cc1cc([C@@H](C)Nc2ccc(Cl)nc2C(=O)OC(C)(C)C)c2oc(-c3ccc4nc(C)cn4c3)c(C)c(=O)c2c1. The monoisotopic (exact) mass is 558 g/mol. The topological polar surface area (TPSA) is 98.7 Å². The number of aryl methyl sites for hydroxylation is 2. The number of hydrogen-bond donors (Lipinski definition) is 1. The third-order valence-corrected chi connectivity index (χ3v) is 6.73. The second kappa shape index (κ2) is 10.1. The Bertz CT molecular complexity index is 1850. The van der Waals surface area contributed by atoms with E-state index < -0.39 is 11.6 Å². The quantitative estimate of drug-likeness (QED) is 0.180. The fraction of sp³-hybridized carbons (Fsp3) is 0.290. The Kier molecular flexibility index (Phi) is 6.92. The van der Waals surface area contributed by atoms with Gasteiger partial charge in [0.2, 0.25) is 0 Å². The number of esters is 1. The van der Waals surface area contributed by atoms with Crippen LogP contribution in [0.1, 0.15) is 66.6 Å². The summed E-state index contributed by atoms with van der Waals surface area (Å²) in [5.74, 6) is -0.0981. The summed E-state index contributed by atoms with van der Waals surface area (Å²) in [6.07, 6.45) is 3.84. The molecule has 4 aromatic heterocycles. The minimum absolute atomic E-state index is 0.0770. The van der Waals surface area contributed by atoms with Crippen molar-refractivity contribution in [1.29, 1.82) is 0 Å². The van der Waals surface area contributed by atoms with Gasteiger partial charge in [0.25, 0.3) is 0 Å². The number of pyridine rings is 2. The number of ether oxygens (including phenoxy) is 1. The van der Waals surface area contributed by atoms with Crippen LogP contribution in [-0.2, 0) is 4.74 Å². The zero-order valence-corrected chi connectivity index (χ0v) is 24.3. The van der Waals surface area contributed by atoms with E-state index >= 15 is 0 Å². The van der Waals surface area contributed by atoms with Crippen molar-refractivity contribution >= 4 is 39.9 Å². The summed E-state index contributed by atoms with van der Waals surface area (Å²) in [4.78, 5) is 35.3. The molecule has 1 atom stereocenters. The Balaban J connectivity index is 1.61. The number of hydrogen-bond acceptors (Lipinski definition) is 7. The predicted octanol–water partition coefficient (Wildman–Crippen LogP) is 7.21. The lowest BCUT2D eigenvalue weighted by Gasteiger charge is -2.22. The molecule has 0 aliphatic carbocycles. The first-order chi connectivity index (χ1) is 18.8. The largest absolute Gasteiger partial charge is 0.455 e. The van der Waals surface area contributed by atoms with Gasteiger partial charge in [-0.25, -0.2) is 14.8 Å². The van der Waals surface area contributed by atoms with E-state index in [1.165, 1.54) is 0 Å². The molecule has 5 aromatic rings. The van der Waals surface area contributed by atoms with Crippen LogP contribution in [0.15, 0.2) is 58.0 Å². The maximum absolute atomic E-state index is 13.6. The fourth-order valence-electron chi connectivity index (χ4n) is 4.76. The smallest absolute Gasteiger partial charge is 0.359 e. The Hall–Kier alpha value is -4.17. The molecule has 0 unspecified atom stereocenters. The first-order valence-electron chi connectivity index (χ1n) is 13.0. The van der Waals surface area contributed by atoms with Crippen molar-refractivity contribution in [3.05, 3.63) is 92.2 Å². The molecule has 0 aliphatic heterocycles. The zero-order chi connectivity index (χ0) is 28.9. The molecule has 4 heterocycles. The number of carbonyl (C=O) groups is 1. The van der Waals surface area contributed by atoms with Crippen molar-refractivity contribution in [2.24, 2.45) is 0 Å². The van der Waals surface area contributed by atoms with Crippen molar-refractivity contribution in [1.82, 2.24) is 14.4 Å². The van der Waals surface area contributed by atoms with Crippen LogP contribution < -0.4 is 10.7 Å². The molecule has 1 aromatic carbocycles. The van der Waals surface area contributed by atoms with E-state index in [0.29, 0.717) is 28.0 Å². The van der Waals surface area contributed by atoms with Gasteiger partial charge in [0.1, 0.15) is 27.7 Å². The van der Waals surface area contributed by atoms with Crippen LogP contribution in [0.2, 0.25) is 5.15 Å². The molecule has 0 radical (unpaired) electrons. The van der Waals surface area contributed by atoms with Crippen LogP contribution in [0.5, 0.6) is 0 Å². The average Bonchev–Trinajstić information content (AvgIpc) is 3.25. The highest BCUT2D eigenvalue weighted by molar-refractivity contribution is 6.29. The van der Waals surface area contributed by atoms with Crippen molar-refractivity contribution < 1.29 is 13.9 Å². The van der Waals surface area contributed by atoms with Gasteiger partial charge < -0.3 is 18.9 Å². The van der Waals surface area contributed by atoms with Crippen LogP contribution in [0.4, 0.5) is 5.69 Å². The van der Waals surface area contributed by atoms with Crippen molar-refractivity contribution in [3.63, 3.8) is 0 Å². The van der Waals surface area contributed by atoms with Crippen LogP contribution >= 0.6 is 11.6 Å². The lowest BCUT2D eigenvalue weighted by molar-refractivity contribution is 0.00640. The fourth-order valence-corrected chi connectivity index (χ4v) is 4.91. The number of carbonyl (C=O) groups excluding carboxylic acids is 1. The minimum Gasteiger partial charge on any atom is -0.455 e. The highest BCUT2D eigenvalue weighted by atomic mass is 35.5. The van der Waals surface area contributed by atoms with Gasteiger partial charge >= 0.3 is 5.97 Å². The number of nitrogens with one attached hydrogen (secondary N) is 1. The van der Waals surface area contributed by atoms with Gasteiger partial charge in [0, 0.05) is 29.1 Å². The number of rotatable bonds is 5. The van der Waals surface area contributed by atoms with E-state index in [1.807, 2.05) is 61.8 Å². The highest BCUT2D eigenvalue weighted by Gasteiger charge is 2.25. The molecule has 8 nitrogen and oxygen atoms in total. The van der Waals surface area contributed by atoms with Gasteiger partial charge in [-0.15, -0.1) is 0 Å². The molecule has 5 rings (SSSR count). The summed E-state index contributed by atoms with van der Waals surface area (Å²) in [5, 5.41) is 4.03. The van der Waals surface area contributed by atoms with Gasteiger partial charge in [-0.1, -0.05) is 17.7 Å². The summed E-state index contributed by atoms with van der Waals surface area (Å²) in [7, 11) is 0. The molecule has 40 heavy (non-hydrogen) atoms. The second-order valence-corrected chi connectivity index (χ2v) is 11.5. The lowest BCUT2D eigenvalue weighted by atomic mass is 9.99. The van der Waals surface area contributed by atoms with E-state index in [9.17, 15) is 9.59 Å². The Morgan fingerprint density at radius 2 is 1.82 bits per heavy atom. The normalized spacial score (nSPS) is 12.6. The Morgan fingerprint density at radius 3 is 2.55 bits per heavy atom. The molecule has 206 valence electrons. The molecule has 0 spiro atoms. The minimum atomic E-state index is -0.702. The van der Waals surface area contributed by atoms with Crippen molar-refractivity contribution in [2.45, 2.75) is 60.1 Å². The van der Waals surface area contributed by atoms with Gasteiger partial charge in [-0.3, -0.25) is 4.79 Å². The molecular weight excluding hydrogens is 528 g/mol. The number of fused-ring (bicyclic) bond motifs is 2. The first kappa shape index (κ1) is 27.4. The second-order valence-electron chi connectivity index (χ2n) is 11.1. The number of halogens is 1. The molecule has 0 saturated heterocycles. The highest BCUT2D eigenvalue weighted by Crippen LogP contribution is 2.33. The average molecular weight is 559 g/mol. The molecule has 0 saturated carbocycles. The van der Waals surface area contributed by atoms with Gasteiger partial charge in [0.15, 0.2) is 11.1 Å². The summed E-state index contributed by atoms with van der Waals surface area (Å²) >= 11 is 6.13. The van der Waals surface area contributed by atoms with E-state index in [1.54, 1.807) is 39.8 Å². The molecule has 0 bridgehead atoms. The van der Waals surface area contributed by atoms with Gasteiger partial charge in [-0.05, 0) is 84.4 Å². The van der Waals surface area contributed by atoms with Gasteiger partial charge in [0.05, 0.1) is 22.8 Å². The van der Waals surface area contributed by atoms with E-state index in [4.69, 9.17) is 20.8 Å². The number of anilines is 1. The standard InChI is InChI=1S/C31H31ClN4O4/c1-16-12-21(19(4)34-23-9-10-24(32)35-26(23)30(38)40-31(5,6)7)29-22(13-16)27(37)18(3)28(39-29)20-8-11-25-33-17(2)14-36(25)15-20/h8-15,19,34H,1-7H3/t19-/m1/s1. The molecule has 0 amide bonds. The zero-order valence-electron chi connectivity index (χ0n) is 23.5. The van der Waals surface area contributed by atoms with Crippen molar-refractivity contribution in [3.8, 4) is 11.3 Å². The molecule has 1 N–H and O–H groups in total. The van der Waals surface area contributed by atoms with Crippen molar-refractivity contribution in [2.75, 3.05) is 5.32 Å². The Morgan fingerprint density at radius 1 is 1.07 bits per heavy atom. The summed E-state index contributed by atoms with van der Waals surface area (Å²) in [6, 6.07) is 10.5. The number of nitrogens with zero attached hydrogens (tertiary/aromatic N) is 3. The number of benzene rings is 1. The maximum Gasteiger partial charge on any atom is 0.359 e. The maximum atomic E-state index is 13.6. The van der Waals surface area contributed by atoms with Crippen LogP contribution in [0, 0.1) is 20.8 Å². The van der Waals surface area contributed by atoms with E-state index in [2.05, 4.69) is 15.3 Å². The first-order valence-corrected chi connectivity index (χ1v) is 13.4. The molecular formula is C31H31ClN4O4. The third kappa shape index (κ3) is 5.31. The third-order valence-electron chi connectivity index (χ3n) is 6.52. The van der Waals surface area contributed by atoms with Crippen LogP contribution in [-0.4, -0.2) is 25.9 Å². The molecule has 9 heteroatoms. The van der Waals surface area contributed by atoms with E-state index in [-0.39, 0.29) is 22.3 Å². The number of imidazole rings is 1. The summed E-state index contributed by atoms with van der Waals surface area (Å²) in [5.41, 5.74) is 4.87. The predicted molar refractivity (Wildman–Crippen MR) is 157 cm³/mol. The summed E-state index contributed by atoms with van der Waals surface area (Å²) < 4.78 is 14.0. The van der Waals surface area contributed by atoms with Crippen LogP contribution in [0.25, 0.3) is 27.9 Å². The lowest BCUT2D eigenvalue weighted by Crippen LogP contribution is -2.25. The van der Waals surface area contributed by atoms with E-state index in [0.717, 1.165) is 28.0 Å². The number of aromatic nitrogens is 3. The van der Waals surface area contributed by atoms with Crippen LogP contribution in [0.3, 0.4) is 0 Å². The molecule has 0 aliphatic rings. The van der Waals surface area contributed by atoms with Gasteiger partial charge in [-0.2, -0.15) is 0 Å². The molecule has 0 fully saturated rings. The Labute approximate surface area is 237 Å².